The monoisotopic (exact) mass is 327 g/mol. The lowest BCUT2D eigenvalue weighted by Gasteiger charge is -2.37. The molecule has 24 heavy (non-hydrogen) atoms. The van der Waals surface area contributed by atoms with Gasteiger partial charge in [-0.2, -0.15) is 0 Å². The highest BCUT2D eigenvalue weighted by Gasteiger charge is 2.32. The Kier molecular flexibility index (Phi) is 5.11. The van der Waals surface area contributed by atoms with E-state index in [9.17, 15) is 4.79 Å². The van der Waals surface area contributed by atoms with Crippen LogP contribution in [0.4, 0.5) is 0 Å². The van der Waals surface area contributed by atoms with Crippen LogP contribution in [0.3, 0.4) is 0 Å². The molecule has 128 valence electrons. The van der Waals surface area contributed by atoms with Gasteiger partial charge in [0.2, 0.25) is 0 Å². The molecule has 0 bridgehead atoms. The number of benzene rings is 1. The summed E-state index contributed by atoms with van der Waals surface area (Å²) in [7, 11) is 1.73. The molecule has 0 spiro atoms. The third kappa shape index (κ3) is 3.57. The zero-order valence-corrected chi connectivity index (χ0v) is 14.4. The lowest BCUT2D eigenvalue weighted by atomic mass is 9.79. The van der Waals surface area contributed by atoms with Crippen molar-refractivity contribution >= 4 is 16.8 Å². The van der Waals surface area contributed by atoms with E-state index in [1.165, 1.54) is 0 Å². The maximum absolute atomic E-state index is 12.8. The SMILES string of the molecule is COCC1(CNC(=O)c2cc(C)nc3ccccc23)CCNCC1. The number of pyridine rings is 1. The zero-order valence-electron chi connectivity index (χ0n) is 14.4. The normalized spacial score (nSPS) is 16.9. The van der Waals surface area contributed by atoms with E-state index in [0.717, 1.165) is 42.5 Å². The van der Waals surface area contributed by atoms with Crippen molar-refractivity contribution in [3.05, 3.63) is 41.6 Å². The smallest absolute Gasteiger partial charge is 0.252 e. The van der Waals surface area contributed by atoms with Crippen molar-refractivity contribution in [3.8, 4) is 0 Å². The van der Waals surface area contributed by atoms with Crippen LogP contribution in [-0.2, 0) is 4.74 Å². The molecule has 2 N–H and O–H groups in total. The van der Waals surface area contributed by atoms with Gasteiger partial charge in [0.1, 0.15) is 0 Å². The molecule has 1 fully saturated rings. The predicted molar refractivity (Wildman–Crippen MR) is 95.2 cm³/mol. The molecule has 5 heteroatoms. The Balaban J connectivity index is 1.80. The van der Waals surface area contributed by atoms with Gasteiger partial charge in [0.25, 0.3) is 5.91 Å². The van der Waals surface area contributed by atoms with Crippen LogP contribution in [0.15, 0.2) is 30.3 Å². The van der Waals surface area contributed by atoms with Crippen LogP contribution in [0.1, 0.15) is 28.9 Å². The van der Waals surface area contributed by atoms with Crippen LogP contribution >= 0.6 is 0 Å². The zero-order chi connectivity index (χ0) is 17.0. The van der Waals surface area contributed by atoms with Crippen LogP contribution in [0.25, 0.3) is 10.9 Å². The summed E-state index contributed by atoms with van der Waals surface area (Å²) in [5, 5.41) is 7.41. The summed E-state index contributed by atoms with van der Waals surface area (Å²) in [6.07, 6.45) is 2.02. The number of carbonyl (C=O) groups is 1. The summed E-state index contributed by atoms with van der Waals surface area (Å²) >= 11 is 0. The average molecular weight is 327 g/mol. The van der Waals surface area contributed by atoms with Crippen LogP contribution < -0.4 is 10.6 Å². The summed E-state index contributed by atoms with van der Waals surface area (Å²) in [5.41, 5.74) is 2.43. The molecule has 1 amide bonds. The number of methoxy groups -OCH3 is 1. The van der Waals surface area contributed by atoms with E-state index in [-0.39, 0.29) is 11.3 Å². The minimum Gasteiger partial charge on any atom is -0.384 e. The number of fused-ring (bicyclic) bond motifs is 1. The van der Waals surface area contributed by atoms with Gasteiger partial charge in [-0.25, -0.2) is 0 Å². The fourth-order valence-corrected chi connectivity index (χ4v) is 3.49. The minimum absolute atomic E-state index is 0.0214. The van der Waals surface area contributed by atoms with Crippen LogP contribution in [-0.4, -0.2) is 44.2 Å². The molecule has 0 saturated carbocycles. The number of hydrogen-bond acceptors (Lipinski definition) is 4. The van der Waals surface area contributed by atoms with E-state index in [1.54, 1.807) is 7.11 Å². The van der Waals surface area contributed by atoms with Gasteiger partial charge < -0.3 is 15.4 Å². The number of rotatable bonds is 5. The number of ether oxygens (including phenoxy) is 1. The topological polar surface area (TPSA) is 63.2 Å². The van der Waals surface area contributed by atoms with E-state index in [1.807, 2.05) is 37.3 Å². The van der Waals surface area contributed by atoms with Crippen molar-refractivity contribution < 1.29 is 9.53 Å². The first-order valence-corrected chi connectivity index (χ1v) is 8.48. The number of amides is 1. The molecular formula is C19H25N3O2. The van der Waals surface area contributed by atoms with Gasteiger partial charge in [-0.1, -0.05) is 18.2 Å². The van der Waals surface area contributed by atoms with Gasteiger partial charge in [0.05, 0.1) is 17.7 Å². The summed E-state index contributed by atoms with van der Waals surface area (Å²) in [5.74, 6) is -0.0364. The number of nitrogens with zero attached hydrogens (tertiary/aromatic N) is 1. The molecular weight excluding hydrogens is 302 g/mol. The summed E-state index contributed by atoms with van der Waals surface area (Å²) in [6, 6.07) is 9.64. The van der Waals surface area contributed by atoms with Gasteiger partial charge in [0, 0.05) is 30.1 Å². The molecule has 5 nitrogen and oxygen atoms in total. The van der Waals surface area contributed by atoms with Gasteiger partial charge in [-0.05, 0) is 45.0 Å². The Morgan fingerprint density at radius 1 is 1.33 bits per heavy atom. The van der Waals surface area contributed by atoms with Crippen molar-refractivity contribution in [2.75, 3.05) is 33.4 Å². The molecule has 1 saturated heterocycles. The maximum atomic E-state index is 12.8. The van der Waals surface area contributed by atoms with Gasteiger partial charge in [0.15, 0.2) is 0 Å². The quantitative estimate of drug-likeness (QED) is 0.884. The van der Waals surface area contributed by atoms with Crippen molar-refractivity contribution in [1.82, 2.24) is 15.6 Å². The van der Waals surface area contributed by atoms with Gasteiger partial charge >= 0.3 is 0 Å². The van der Waals surface area contributed by atoms with E-state index in [2.05, 4.69) is 15.6 Å². The van der Waals surface area contributed by atoms with Crippen molar-refractivity contribution in [1.29, 1.82) is 0 Å². The standard InChI is InChI=1S/C19H25N3O2/c1-14-11-16(15-5-3-4-6-17(15)22-14)18(23)21-12-19(13-24-2)7-9-20-10-8-19/h3-6,11,20H,7-10,12-13H2,1-2H3,(H,21,23). The summed E-state index contributed by atoms with van der Waals surface area (Å²) in [6.45, 7) is 5.16. The van der Waals surface area contributed by atoms with E-state index in [4.69, 9.17) is 4.74 Å². The third-order valence-corrected chi connectivity index (χ3v) is 4.83. The number of aromatic nitrogens is 1. The van der Waals surface area contributed by atoms with Crippen molar-refractivity contribution in [3.63, 3.8) is 0 Å². The second kappa shape index (κ2) is 7.28. The molecule has 1 aliphatic rings. The lowest BCUT2D eigenvalue weighted by Crippen LogP contribution is -2.47. The molecule has 0 unspecified atom stereocenters. The minimum atomic E-state index is -0.0364. The number of aryl methyl sites for hydroxylation is 1. The Labute approximate surface area is 142 Å². The highest BCUT2D eigenvalue weighted by molar-refractivity contribution is 6.06. The van der Waals surface area contributed by atoms with Crippen LogP contribution in [0, 0.1) is 12.3 Å². The highest BCUT2D eigenvalue weighted by Crippen LogP contribution is 2.28. The molecule has 2 heterocycles. The molecule has 0 radical (unpaired) electrons. The summed E-state index contributed by atoms with van der Waals surface area (Å²) < 4.78 is 5.42. The first-order chi connectivity index (χ1) is 11.6. The molecule has 3 rings (SSSR count). The van der Waals surface area contributed by atoms with Gasteiger partial charge in [-0.3, -0.25) is 9.78 Å². The Hall–Kier alpha value is -1.98. The van der Waals surface area contributed by atoms with Crippen molar-refractivity contribution in [2.24, 2.45) is 5.41 Å². The number of carbonyl (C=O) groups excluding carboxylic acids is 1. The highest BCUT2D eigenvalue weighted by atomic mass is 16.5. The van der Waals surface area contributed by atoms with Gasteiger partial charge in [-0.15, -0.1) is 0 Å². The first kappa shape index (κ1) is 16.9. The fourth-order valence-electron chi connectivity index (χ4n) is 3.49. The number of piperidine rings is 1. The number of nitrogens with one attached hydrogen (secondary N) is 2. The Morgan fingerprint density at radius 2 is 2.08 bits per heavy atom. The number of para-hydroxylation sites is 1. The van der Waals surface area contributed by atoms with Crippen LogP contribution in [0.5, 0.6) is 0 Å². The maximum Gasteiger partial charge on any atom is 0.252 e. The Bertz CT molecular complexity index is 718. The molecule has 0 aliphatic carbocycles. The molecule has 0 atom stereocenters. The summed E-state index contributed by atoms with van der Waals surface area (Å²) in [4.78, 5) is 17.3. The lowest BCUT2D eigenvalue weighted by molar-refractivity contribution is 0.0512. The fraction of sp³-hybridized carbons (Fsp3) is 0.474. The first-order valence-electron chi connectivity index (χ1n) is 8.48. The van der Waals surface area contributed by atoms with Crippen molar-refractivity contribution in [2.45, 2.75) is 19.8 Å². The molecule has 1 aromatic carbocycles. The molecule has 1 aliphatic heterocycles. The second-order valence-electron chi connectivity index (χ2n) is 6.69. The largest absolute Gasteiger partial charge is 0.384 e. The third-order valence-electron chi connectivity index (χ3n) is 4.83. The van der Waals surface area contributed by atoms with Crippen LogP contribution in [0.2, 0.25) is 0 Å². The van der Waals surface area contributed by atoms with E-state index >= 15 is 0 Å². The predicted octanol–water partition coefficient (Wildman–Crippen LogP) is 2.29. The Morgan fingerprint density at radius 3 is 2.83 bits per heavy atom. The molecule has 1 aromatic heterocycles. The van der Waals surface area contributed by atoms with E-state index < -0.39 is 0 Å². The molecule has 2 aromatic rings. The van der Waals surface area contributed by atoms with E-state index in [0.29, 0.717) is 18.7 Å². The second-order valence-corrected chi connectivity index (χ2v) is 6.69. The number of hydrogen-bond donors (Lipinski definition) is 2. The average Bonchev–Trinajstić information content (AvgIpc) is 2.60.